The number of rotatable bonds is 3. The van der Waals surface area contributed by atoms with Crippen molar-refractivity contribution in [3.63, 3.8) is 0 Å². The summed E-state index contributed by atoms with van der Waals surface area (Å²) in [5, 5.41) is 8.16. The molecule has 0 spiro atoms. The van der Waals surface area contributed by atoms with Crippen molar-refractivity contribution in [2.24, 2.45) is 5.73 Å². The average molecular weight is 202 g/mol. The Hall–Kier alpha value is -1.68. The second kappa shape index (κ2) is 4.23. The molecule has 78 valence electrons. The summed E-state index contributed by atoms with van der Waals surface area (Å²) in [7, 11) is 0. The Kier molecular flexibility index (Phi) is 2.78. The van der Waals surface area contributed by atoms with Crippen molar-refractivity contribution in [1.29, 1.82) is 0 Å². The zero-order chi connectivity index (χ0) is 10.7. The first-order valence-corrected chi connectivity index (χ1v) is 4.98. The Morgan fingerprint density at radius 3 is 2.73 bits per heavy atom. The number of aromatic nitrogens is 3. The van der Waals surface area contributed by atoms with Crippen molar-refractivity contribution < 1.29 is 0 Å². The molecule has 0 saturated carbocycles. The number of hydrogen-bond donors (Lipinski definition) is 1. The molecule has 1 aromatic carbocycles. The van der Waals surface area contributed by atoms with E-state index in [2.05, 4.69) is 10.3 Å². The Labute approximate surface area is 88.7 Å². The van der Waals surface area contributed by atoms with Gasteiger partial charge in [0.1, 0.15) is 5.69 Å². The highest BCUT2D eigenvalue weighted by Gasteiger charge is 2.06. The van der Waals surface area contributed by atoms with Gasteiger partial charge in [-0.15, -0.1) is 5.10 Å². The van der Waals surface area contributed by atoms with E-state index in [9.17, 15) is 0 Å². The van der Waals surface area contributed by atoms with Crippen LogP contribution in [0.25, 0.3) is 11.3 Å². The fraction of sp³-hybridized carbons (Fsp3) is 0.273. The minimum absolute atomic E-state index is 0.190. The van der Waals surface area contributed by atoms with Gasteiger partial charge in [-0.25, -0.2) is 4.68 Å². The standard InChI is InChI=1S/C11H14N4/c1-9(7-12)15-8-11(13-14-15)10-5-3-2-4-6-10/h2-6,8-9H,7,12H2,1H3/t9-/m1/s1. The second-order valence-electron chi connectivity index (χ2n) is 3.53. The maximum atomic E-state index is 5.56. The molecule has 0 aliphatic carbocycles. The summed E-state index contributed by atoms with van der Waals surface area (Å²) in [5.74, 6) is 0. The van der Waals surface area contributed by atoms with Crippen molar-refractivity contribution in [3.05, 3.63) is 36.5 Å². The van der Waals surface area contributed by atoms with Crippen LogP contribution < -0.4 is 5.73 Å². The van der Waals surface area contributed by atoms with Gasteiger partial charge in [-0.1, -0.05) is 35.5 Å². The molecule has 0 aliphatic rings. The van der Waals surface area contributed by atoms with Crippen molar-refractivity contribution >= 4 is 0 Å². The van der Waals surface area contributed by atoms with Crippen molar-refractivity contribution in [2.45, 2.75) is 13.0 Å². The second-order valence-corrected chi connectivity index (χ2v) is 3.53. The van der Waals surface area contributed by atoms with Gasteiger partial charge in [-0.05, 0) is 6.92 Å². The fourth-order valence-electron chi connectivity index (χ4n) is 1.34. The molecule has 0 radical (unpaired) electrons. The third-order valence-corrected chi connectivity index (χ3v) is 2.37. The summed E-state index contributed by atoms with van der Waals surface area (Å²) in [5.41, 5.74) is 7.53. The number of nitrogens with two attached hydrogens (primary N) is 1. The van der Waals surface area contributed by atoms with Gasteiger partial charge in [0.2, 0.25) is 0 Å². The highest BCUT2D eigenvalue weighted by atomic mass is 15.4. The van der Waals surface area contributed by atoms with Crippen molar-refractivity contribution in [1.82, 2.24) is 15.0 Å². The first kappa shape index (κ1) is 9.86. The van der Waals surface area contributed by atoms with Gasteiger partial charge in [-0.3, -0.25) is 0 Å². The Morgan fingerprint density at radius 2 is 2.07 bits per heavy atom. The lowest BCUT2D eigenvalue weighted by Crippen LogP contribution is -2.16. The topological polar surface area (TPSA) is 56.7 Å². The Bertz CT molecular complexity index is 421. The van der Waals surface area contributed by atoms with E-state index >= 15 is 0 Å². The minimum atomic E-state index is 0.190. The zero-order valence-electron chi connectivity index (χ0n) is 8.67. The van der Waals surface area contributed by atoms with Gasteiger partial charge in [-0.2, -0.15) is 0 Å². The maximum absolute atomic E-state index is 5.56. The smallest absolute Gasteiger partial charge is 0.113 e. The number of benzene rings is 1. The molecule has 0 saturated heterocycles. The Balaban J connectivity index is 2.28. The van der Waals surface area contributed by atoms with Crippen LogP contribution in [0.4, 0.5) is 0 Å². The summed E-state index contributed by atoms with van der Waals surface area (Å²) < 4.78 is 1.79. The van der Waals surface area contributed by atoms with Crippen LogP contribution >= 0.6 is 0 Å². The van der Waals surface area contributed by atoms with E-state index in [0.717, 1.165) is 11.3 Å². The van der Waals surface area contributed by atoms with E-state index in [0.29, 0.717) is 6.54 Å². The Morgan fingerprint density at radius 1 is 1.33 bits per heavy atom. The fourth-order valence-corrected chi connectivity index (χ4v) is 1.34. The predicted octanol–water partition coefficient (Wildman–Crippen LogP) is 1.46. The maximum Gasteiger partial charge on any atom is 0.113 e. The van der Waals surface area contributed by atoms with Gasteiger partial charge in [0, 0.05) is 12.1 Å². The first-order chi connectivity index (χ1) is 7.31. The summed E-state index contributed by atoms with van der Waals surface area (Å²) in [6, 6.07) is 10.2. The number of nitrogens with zero attached hydrogens (tertiary/aromatic N) is 3. The van der Waals surface area contributed by atoms with Gasteiger partial charge < -0.3 is 5.73 Å². The summed E-state index contributed by atoms with van der Waals surface area (Å²) in [6.45, 7) is 2.58. The zero-order valence-corrected chi connectivity index (χ0v) is 8.67. The van der Waals surface area contributed by atoms with Gasteiger partial charge in [0.05, 0.1) is 12.2 Å². The lowest BCUT2D eigenvalue weighted by Gasteiger charge is -2.05. The van der Waals surface area contributed by atoms with Crippen molar-refractivity contribution in [3.8, 4) is 11.3 Å². The minimum Gasteiger partial charge on any atom is -0.328 e. The highest BCUT2D eigenvalue weighted by Crippen LogP contribution is 2.16. The molecule has 15 heavy (non-hydrogen) atoms. The van der Waals surface area contributed by atoms with Crippen molar-refractivity contribution in [2.75, 3.05) is 6.54 Å². The molecule has 1 heterocycles. The third-order valence-electron chi connectivity index (χ3n) is 2.37. The van der Waals surface area contributed by atoms with Crippen LogP contribution in [0.3, 0.4) is 0 Å². The van der Waals surface area contributed by atoms with Crippen LogP contribution in [-0.2, 0) is 0 Å². The normalized spacial score (nSPS) is 12.7. The van der Waals surface area contributed by atoms with Crippen LogP contribution in [0.5, 0.6) is 0 Å². The van der Waals surface area contributed by atoms with Crippen LogP contribution in [0, 0.1) is 0 Å². The molecular formula is C11H14N4. The van der Waals surface area contributed by atoms with Crippen LogP contribution in [0.2, 0.25) is 0 Å². The molecule has 2 N–H and O–H groups in total. The molecule has 1 atom stereocenters. The molecule has 2 aromatic rings. The average Bonchev–Trinajstić information content (AvgIpc) is 2.78. The highest BCUT2D eigenvalue weighted by molar-refractivity contribution is 5.57. The molecule has 0 bridgehead atoms. The first-order valence-electron chi connectivity index (χ1n) is 4.98. The molecule has 4 heteroatoms. The lowest BCUT2D eigenvalue weighted by molar-refractivity contribution is 0.485. The van der Waals surface area contributed by atoms with Gasteiger partial charge in [0.15, 0.2) is 0 Å². The summed E-state index contributed by atoms with van der Waals surface area (Å²) >= 11 is 0. The molecule has 0 aliphatic heterocycles. The molecule has 0 fully saturated rings. The summed E-state index contributed by atoms with van der Waals surface area (Å²) in [6.07, 6.45) is 1.92. The predicted molar refractivity (Wildman–Crippen MR) is 59.2 cm³/mol. The largest absolute Gasteiger partial charge is 0.328 e. The van der Waals surface area contributed by atoms with Crippen LogP contribution in [0.15, 0.2) is 36.5 Å². The van der Waals surface area contributed by atoms with Crippen LogP contribution in [-0.4, -0.2) is 21.5 Å². The van der Waals surface area contributed by atoms with E-state index in [1.165, 1.54) is 0 Å². The SMILES string of the molecule is C[C@H](CN)n1cc(-c2ccccc2)nn1. The van der Waals surface area contributed by atoms with E-state index in [1.54, 1.807) is 4.68 Å². The molecule has 4 nitrogen and oxygen atoms in total. The quantitative estimate of drug-likeness (QED) is 0.819. The summed E-state index contributed by atoms with van der Waals surface area (Å²) in [4.78, 5) is 0. The van der Waals surface area contributed by atoms with E-state index in [1.807, 2.05) is 43.5 Å². The van der Waals surface area contributed by atoms with Gasteiger partial charge in [0.25, 0.3) is 0 Å². The number of hydrogen-bond acceptors (Lipinski definition) is 3. The molecular weight excluding hydrogens is 188 g/mol. The van der Waals surface area contributed by atoms with E-state index in [4.69, 9.17) is 5.73 Å². The van der Waals surface area contributed by atoms with E-state index in [-0.39, 0.29) is 6.04 Å². The molecule has 0 unspecified atom stereocenters. The third kappa shape index (κ3) is 2.05. The monoisotopic (exact) mass is 202 g/mol. The molecule has 0 amide bonds. The lowest BCUT2D eigenvalue weighted by atomic mass is 10.2. The van der Waals surface area contributed by atoms with E-state index < -0.39 is 0 Å². The molecule has 1 aromatic heterocycles. The van der Waals surface area contributed by atoms with Crippen LogP contribution in [0.1, 0.15) is 13.0 Å². The van der Waals surface area contributed by atoms with Gasteiger partial charge >= 0.3 is 0 Å². The molecule has 2 rings (SSSR count).